The minimum absolute atomic E-state index is 0.457. The highest BCUT2D eigenvalue weighted by molar-refractivity contribution is 4.87. The molecule has 0 saturated carbocycles. The summed E-state index contributed by atoms with van der Waals surface area (Å²) in [5.41, 5.74) is 0.947. The Morgan fingerprint density at radius 2 is 1.80 bits per heavy atom. The molecule has 20 heavy (non-hydrogen) atoms. The van der Waals surface area contributed by atoms with Gasteiger partial charge in [-0.2, -0.15) is 0 Å². The highest BCUT2D eigenvalue weighted by Crippen LogP contribution is 2.33. The molecular formula is C18H36N2. The minimum Gasteiger partial charge on any atom is -0.314 e. The number of likely N-dealkylation sites (tertiary alicyclic amines) is 1. The van der Waals surface area contributed by atoms with Gasteiger partial charge >= 0.3 is 0 Å². The maximum Gasteiger partial charge on any atom is 0.00730 e. The van der Waals surface area contributed by atoms with Crippen molar-refractivity contribution < 1.29 is 0 Å². The van der Waals surface area contributed by atoms with Crippen LogP contribution in [0, 0.1) is 16.7 Å². The van der Waals surface area contributed by atoms with Crippen LogP contribution in [0.1, 0.15) is 66.7 Å². The van der Waals surface area contributed by atoms with E-state index in [0.717, 1.165) is 12.0 Å². The molecule has 2 aliphatic rings. The standard InChI is InChI=1S/C18H36N2/c1-17(2,3)11-15-8-10-20(13-15)14-18(4,5)12-16-7-6-9-19-16/h15-16,19H,6-14H2,1-5H3. The fraction of sp³-hybridized carbons (Fsp3) is 1.00. The Balaban J connectivity index is 1.75. The van der Waals surface area contributed by atoms with Crippen molar-refractivity contribution in [2.24, 2.45) is 16.7 Å². The van der Waals surface area contributed by atoms with Crippen LogP contribution in [-0.2, 0) is 0 Å². The number of nitrogens with one attached hydrogen (secondary N) is 1. The van der Waals surface area contributed by atoms with Crippen LogP contribution in [0.2, 0.25) is 0 Å². The van der Waals surface area contributed by atoms with Crippen molar-refractivity contribution in [3.8, 4) is 0 Å². The lowest BCUT2D eigenvalue weighted by molar-refractivity contribution is 0.174. The van der Waals surface area contributed by atoms with E-state index in [1.54, 1.807) is 0 Å². The number of hydrogen-bond donors (Lipinski definition) is 1. The first-order valence-corrected chi connectivity index (χ1v) is 8.69. The predicted molar refractivity (Wildman–Crippen MR) is 88.0 cm³/mol. The molecule has 2 heterocycles. The SMILES string of the molecule is CC(C)(C)CC1CCN(CC(C)(C)CC2CCCN2)C1. The Bertz CT molecular complexity index is 297. The Kier molecular flexibility index (Phi) is 5.18. The van der Waals surface area contributed by atoms with E-state index in [-0.39, 0.29) is 0 Å². The molecule has 0 radical (unpaired) electrons. The Hall–Kier alpha value is -0.0800. The van der Waals surface area contributed by atoms with Crippen molar-refractivity contribution in [2.75, 3.05) is 26.2 Å². The monoisotopic (exact) mass is 280 g/mol. The van der Waals surface area contributed by atoms with Gasteiger partial charge in [0.1, 0.15) is 0 Å². The number of hydrogen-bond acceptors (Lipinski definition) is 2. The van der Waals surface area contributed by atoms with Gasteiger partial charge in [0.2, 0.25) is 0 Å². The van der Waals surface area contributed by atoms with Gasteiger partial charge in [0.25, 0.3) is 0 Å². The smallest absolute Gasteiger partial charge is 0.00730 e. The molecule has 2 fully saturated rings. The van der Waals surface area contributed by atoms with Crippen molar-refractivity contribution in [1.29, 1.82) is 0 Å². The molecule has 0 spiro atoms. The van der Waals surface area contributed by atoms with E-state index in [1.165, 1.54) is 58.3 Å². The highest BCUT2D eigenvalue weighted by Gasteiger charge is 2.32. The van der Waals surface area contributed by atoms with E-state index >= 15 is 0 Å². The Morgan fingerprint density at radius 3 is 2.40 bits per heavy atom. The molecule has 2 unspecified atom stereocenters. The van der Waals surface area contributed by atoms with Crippen molar-refractivity contribution in [2.45, 2.75) is 72.8 Å². The maximum atomic E-state index is 3.66. The lowest BCUT2D eigenvalue weighted by atomic mass is 9.84. The fourth-order valence-electron chi connectivity index (χ4n) is 4.36. The largest absolute Gasteiger partial charge is 0.314 e. The molecule has 1 N–H and O–H groups in total. The zero-order valence-electron chi connectivity index (χ0n) is 14.5. The molecule has 0 aromatic heterocycles. The van der Waals surface area contributed by atoms with Crippen LogP contribution in [0.15, 0.2) is 0 Å². The van der Waals surface area contributed by atoms with Crippen LogP contribution >= 0.6 is 0 Å². The second-order valence-electron chi connectivity index (χ2n) is 9.32. The second kappa shape index (κ2) is 6.36. The van der Waals surface area contributed by atoms with Gasteiger partial charge in [-0.15, -0.1) is 0 Å². The molecule has 0 bridgehead atoms. The first-order valence-electron chi connectivity index (χ1n) is 8.69. The molecule has 118 valence electrons. The van der Waals surface area contributed by atoms with Crippen molar-refractivity contribution in [3.63, 3.8) is 0 Å². The van der Waals surface area contributed by atoms with Crippen molar-refractivity contribution in [3.05, 3.63) is 0 Å². The van der Waals surface area contributed by atoms with Crippen LogP contribution in [0.3, 0.4) is 0 Å². The van der Waals surface area contributed by atoms with Crippen LogP contribution in [0.5, 0.6) is 0 Å². The Morgan fingerprint density at radius 1 is 1.05 bits per heavy atom. The van der Waals surface area contributed by atoms with Crippen LogP contribution < -0.4 is 5.32 Å². The quantitative estimate of drug-likeness (QED) is 0.821. The van der Waals surface area contributed by atoms with Crippen LogP contribution in [-0.4, -0.2) is 37.1 Å². The molecule has 2 nitrogen and oxygen atoms in total. The highest BCUT2D eigenvalue weighted by atomic mass is 15.2. The third-order valence-corrected chi connectivity index (χ3v) is 4.88. The van der Waals surface area contributed by atoms with E-state index in [4.69, 9.17) is 0 Å². The average Bonchev–Trinajstić information content (AvgIpc) is 2.87. The van der Waals surface area contributed by atoms with Crippen molar-refractivity contribution >= 4 is 0 Å². The van der Waals surface area contributed by atoms with Crippen LogP contribution in [0.25, 0.3) is 0 Å². The van der Waals surface area contributed by atoms with Crippen LogP contribution in [0.4, 0.5) is 0 Å². The molecule has 2 saturated heterocycles. The first kappa shape index (κ1) is 16.3. The molecule has 2 aliphatic heterocycles. The zero-order valence-corrected chi connectivity index (χ0v) is 14.5. The summed E-state index contributed by atoms with van der Waals surface area (Å²) >= 11 is 0. The van der Waals surface area contributed by atoms with Gasteiger partial charge in [-0.3, -0.25) is 0 Å². The molecule has 2 rings (SSSR count). The van der Waals surface area contributed by atoms with Crippen molar-refractivity contribution in [1.82, 2.24) is 10.2 Å². The molecule has 2 heteroatoms. The van der Waals surface area contributed by atoms with Gasteiger partial charge < -0.3 is 10.2 Å². The third kappa shape index (κ3) is 5.37. The fourth-order valence-corrected chi connectivity index (χ4v) is 4.36. The summed E-state index contributed by atoms with van der Waals surface area (Å²) < 4.78 is 0. The number of nitrogens with zero attached hydrogens (tertiary/aromatic N) is 1. The number of rotatable bonds is 5. The summed E-state index contributed by atoms with van der Waals surface area (Å²) in [5, 5.41) is 3.66. The summed E-state index contributed by atoms with van der Waals surface area (Å²) in [5.74, 6) is 0.926. The van der Waals surface area contributed by atoms with E-state index in [0.29, 0.717) is 10.8 Å². The summed E-state index contributed by atoms with van der Waals surface area (Å²) in [4.78, 5) is 2.73. The average molecular weight is 280 g/mol. The van der Waals surface area contributed by atoms with E-state index in [2.05, 4.69) is 44.8 Å². The summed E-state index contributed by atoms with van der Waals surface area (Å²) in [6, 6.07) is 0.776. The molecular weight excluding hydrogens is 244 g/mol. The summed E-state index contributed by atoms with van der Waals surface area (Å²) in [6.07, 6.45) is 6.89. The van der Waals surface area contributed by atoms with E-state index in [9.17, 15) is 0 Å². The van der Waals surface area contributed by atoms with Gasteiger partial charge in [0.05, 0.1) is 0 Å². The van der Waals surface area contributed by atoms with Gasteiger partial charge in [-0.25, -0.2) is 0 Å². The van der Waals surface area contributed by atoms with Gasteiger partial charge in [-0.1, -0.05) is 34.6 Å². The molecule has 0 aromatic carbocycles. The Labute approximate surface area is 126 Å². The molecule has 2 atom stereocenters. The lowest BCUT2D eigenvalue weighted by Crippen LogP contribution is -2.37. The molecule has 0 aliphatic carbocycles. The maximum absolute atomic E-state index is 3.66. The van der Waals surface area contributed by atoms with E-state index in [1.807, 2.05) is 0 Å². The lowest BCUT2D eigenvalue weighted by Gasteiger charge is -2.33. The zero-order chi connectivity index (χ0) is 14.8. The second-order valence-corrected chi connectivity index (χ2v) is 9.32. The van der Waals surface area contributed by atoms with Gasteiger partial charge in [0, 0.05) is 19.1 Å². The summed E-state index contributed by atoms with van der Waals surface area (Å²) in [6.45, 7) is 17.2. The summed E-state index contributed by atoms with van der Waals surface area (Å²) in [7, 11) is 0. The van der Waals surface area contributed by atoms with Gasteiger partial charge in [0.15, 0.2) is 0 Å². The topological polar surface area (TPSA) is 15.3 Å². The minimum atomic E-state index is 0.457. The molecule has 0 aromatic rings. The first-order chi connectivity index (χ1) is 9.23. The normalized spacial score (nSPS) is 29.2. The predicted octanol–water partition coefficient (Wildman–Crippen LogP) is 3.91. The molecule has 0 amide bonds. The van der Waals surface area contributed by atoms with Gasteiger partial charge in [-0.05, 0) is 61.9 Å². The van der Waals surface area contributed by atoms with E-state index < -0.39 is 0 Å². The third-order valence-electron chi connectivity index (χ3n) is 4.88.